The molecule has 3 atom stereocenters. The Bertz CT molecular complexity index is 1040. The summed E-state index contributed by atoms with van der Waals surface area (Å²) in [5.74, 6) is 2.47. The third-order valence-corrected chi connectivity index (χ3v) is 9.34. The van der Waals surface area contributed by atoms with Gasteiger partial charge >= 0.3 is 7.82 Å². The van der Waals surface area contributed by atoms with E-state index >= 15 is 0 Å². The molecule has 1 aliphatic heterocycles. The molecule has 0 aliphatic carbocycles. The smallest absolute Gasteiger partial charge is 0.382 e. The Morgan fingerprint density at radius 3 is 2.34 bits per heavy atom. The highest BCUT2D eigenvalue weighted by atomic mass is 32.2. The van der Waals surface area contributed by atoms with Gasteiger partial charge in [-0.2, -0.15) is 16.9 Å². The van der Waals surface area contributed by atoms with Crippen molar-refractivity contribution in [3.63, 3.8) is 0 Å². The van der Waals surface area contributed by atoms with E-state index in [1.807, 2.05) is 23.9 Å². The van der Waals surface area contributed by atoms with Crippen molar-refractivity contribution >= 4 is 30.9 Å². The number of ether oxygens (including phenoxy) is 1. The maximum absolute atomic E-state index is 12.3. The summed E-state index contributed by atoms with van der Waals surface area (Å²) in [4.78, 5) is 14.0. The monoisotopic (exact) mass is 611 g/mol. The lowest BCUT2D eigenvalue weighted by atomic mass is 10.1. The average molecular weight is 612 g/mol. The number of phosphoric acid groups is 1. The van der Waals surface area contributed by atoms with Gasteiger partial charge in [0.05, 0.1) is 25.0 Å². The molecule has 12 heteroatoms. The number of anilines is 1. The number of thioether (sulfide) groups is 1. The molecule has 3 unspecified atom stereocenters. The van der Waals surface area contributed by atoms with E-state index in [1.165, 1.54) is 83.4 Å². The highest BCUT2D eigenvalue weighted by molar-refractivity contribution is 7.99. The molecule has 10 nitrogen and oxygen atoms in total. The van der Waals surface area contributed by atoms with Crippen LogP contribution in [0, 0.1) is 11.8 Å². The lowest BCUT2D eigenvalue weighted by Gasteiger charge is -2.16. The maximum atomic E-state index is 12.3. The van der Waals surface area contributed by atoms with Crippen LogP contribution in [0.4, 0.5) is 5.82 Å². The fraction of sp³-hybridized carbons (Fsp3) is 0.759. The van der Waals surface area contributed by atoms with Crippen molar-refractivity contribution in [2.45, 2.75) is 115 Å². The summed E-state index contributed by atoms with van der Waals surface area (Å²) in [6, 6.07) is 3.79. The Labute approximate surface area is 250 Å². The van der Waals surface area contributed by atoms with Gasteiger partial charge in [-0.1, -0.05) is 77.6 Å². The average Bonchev–Trinajstić information content (AvgIpc) is 3.63. The van der Waals surface area contributed by atoms with Crippen LogP contribution in [0.1, 0.15) is 115 Å². The quantitative estimate of drug-likeness (QED) is 0.101. The summed E-state index contributed by atoms with van der Waals surface area (Å²) in [6.45, 7) is 5.99. The van der Waals surface area contributed by atoms with Crippen LogP contribution < -0.4 is 5.73 Å². The first-order valence-electron chi connectivity index (χ1n) is 15.2. The van der Waals surface area contributed by atoms with E-state index in [4.69, 9.17) is 24.8 Å². The number of hydrogen-bond acceptors (Lipinski definition) is 9. The Kier molecular flexibility index (Phi) is 18.3. The largest absolute Gasteiger partial charge is 0.472 e. The second-order valence-corrected chi connectivity index (χ2v) is 13.2. The molecule has 0 amide bonds. The van der Waals surface area contributed by atoms with Gasteiger partial charge in [-0.05, 0) is 49.3 Å². The van der Waals surface area contributed by atoms with Gasteiger partial charge in [-0.25, -0.2) is 19.3 Å². The number of hydrogen-bond donors (Lipinski definition) is 2. The molecule has 232 valence electrons. The summed E-state index contributed by atoms with van der Waals surface area (Å²) < 4.78 is 30.4. The standard InChI is InChI=1S/C28H49N4O5PS.CHN/c1-2-3-4-5-6-7-8-9-10-11-12-13-20-39-21-14-19-35-38(33,34)36-22-24-15-18-27(37-24)25-16-17-26-28(29)30-23-31-32(25)26;1-2/h16-17,23-24,27H,2-15,18-22H2,1H3,(H,33,34)(H2,29,30,31);1H. The molecule has 3 heterocycles. The second-order valence-electron chi connectivity index (χ2n) is 10.5. The van der Waals surface area contributed by atoms with E-state index in [-0.39, 0.29) is 25.4 Å². The lowest BCUT2D eigenvalue weighted by Crippen LogP contribution is -2.15. The van der Waals surface area contributed by atoms with Crippen LogP contribution in [0.3, 0.4) is 0 Å². The normalized spacial score (nSPS) is 18.2. The van der Waals surface area contributed by atoms with Gasteiger partial charge in [0.2, 0.25) is 0 Å². The predicted molar refractivity (Wildman–Crippen MR) is 166 cm³/mol. The van der Waals surface area contributed by atoms with Gasteiger partial charge in [-0.3, -0.25) is 9.05 Å². The van der Waals surface area contributed by atoms with Crippen molar-refractivity contribution in [3.05, 3.63) is 24.2 Å². The third-order valence-electron chi connectivity index (χ3n) is 7.20. The van der Waals surface area contributed by atoms with Gasteiger partial charge in [-0.15, -0.1) is 0 Å². The van der Waals surface area contributed by atoms with Crippen LogP contribution in [0.15, 0.2) is 18.5 Å². The number of nitrogens with two attached hydrogens (primary N) is 1. The summed E-state index contributed by atoms with van der Waals surface area (Å²) in [6.07, 6.45) is 19.5. The third kappa shape index (κ3) is 13.9. The molecule has 2 aromatic heterocycles. The molecule has 41 heavy (non-hydrogen) atoms. The fourth-order valence-electron chi connectivity index (χ4n) is 4.97. The van der Waals surface area contributed by atoms with Crippen molar-refractivity contribution in [1.29, 1.82) is 5.26 Å². The van der Waals surface area contributed by atoms with Gasteiger partial charge in [0, 0.05) is 6.57 Å². The topological polar surface area (TPSA) is 145 Å². The first-order chi connectivity index (χ1) is 20.0. The van der Waals surface area contributed by atoms with Crippen LogP contribution in [0.25, 0.3) is 5.52 Å². The number of aromatic nitrogens is 3. The zero-order valence-electron chi connectivity index (χ0n) is 24.7. The van der Waals surface area contributed by atoms with Crippen molar-refractivity contribution < 1.29 is 23.2 Å². The maximum Gasteiger partial charge on any atom is 0.472 e. The summed E-state index contributed by atoms with van der Waals surface area (Å²) in [5, 5.41) is 10.8. The number of nitrogens with zero attached hydrogens (tertiary/aromatic N) is 4. The number of unbranched alkanes of at least 4 members (excludes halogenated alkanes) is 11. The Hall–Kier alpha value is -1.67. The molecule has 1 fully saturated rings. The molecule has 1 aliphatic rings. The number of nitrogen functional groups attached to an aromatic ring is 1. The second kappa shape index (κ2) is 21.1. The molecule has 0 radical (unpaired) electrons. The lowest BCUT2D eigenvalue weighted by molar-refractivity contribution is 0.00498. The number of nitriles is 1. The minimum atomic E-state index is -4.09. The summed E-state index contributed by atoms with van der Waals surface area (Å²) >= 11 is 1.89. The number of fused-ring (bicyclic) bond motifs is 1. The highest BCUT2D eigenvalue weighted by Gasteiger charge is 2.31. The predicted octanol–water partition coefficient (Wildman–Crippen LogP) is 7.63. The molecular weight excluding hydrogens is 561 g/mol. The van der Waals surface area contributed by atoms with Gasteiger partial charge in [0.15, 0.2) is 5.82 Å². The van der Waals surface area contributed by atoms with Gasteiger partial charge in [0.1, 0.15) is 17.9 Å². The van der Waals surface area contributed by atoms with E-state index in [9.17, 15) is 9.46 Å². The van der Waals surface area contributed by atoms with E-state index < -0.39 is 7.82 Å². The SMILES string of the molecule is C#N.CCCCCCCCCCCCCCSCCCOP(=O)(O)OCC1CCC(c2ccc3c(N)ncnn23)O1. The van der Waals surface area contributed by atoms with Crippen molar-refractivity contribution in [2.24, 2.45) is 0 Å². The van der Waals surface area contributed by atoms with E-state index in [0.717, 1.165) is 35.6 Å². The minimum Gasteiger partial charge on any atom is -0.382 e. The summed E-state index contributed by atoms with van der Waals surface area (Å²) in [7, 11) is -4.09. The number of rotatable bonds is 22. The first kappa shape index (κ1) is 35.5. The van der Waals surface area contributed by atoms with Crippen molar-refractivity contribution in [2.75, 3.05) is 30.5 Å². The minimum absolute atomic E-state index is 0.0123. The zero-order chi connectivity index (χ0) is 29.8. The molecule has 0 spiro atoms. The van der Waals surface area contributed by atoms with Gasteiger partial charge < -0.3 is 15.4 Å². The van der Waals surface area contributed by atoms with Gasteiger partial charge in [0.25, 0.3) is 0 Å². The van der Waals surface area contributed by atoms with Crippen molar-refractivity contribution in [1.82, 2.24) is 14.6 Å². The summed E-state index contributed by atoms with van der Waals surface area (Å²) in [5.41, 5.74) is 7.52. The van der Waals surface area contributed by atoms with Crippen LogP contribution in [0.2, 0.25) is 0 Å². The molecule has 3 rings (SSSR count). The van der Waals surface area contributed by atoms with E-state index in [0.29, 0.717) is 12.2 Å². The highest BCUT2D eigenvalue weighted by Crippen LogP contribution is 2.44. The molecule has 2 aromatic rings. The van der Waals surface area contributed by atoms with E-state index in [1.54, 1.807) is 4.52 Å². The molecular formula is C29H50N5O5PS. The molecule has 0 bridgehead atoms. The van der Waals surface area contributed by atoms with Crippen LogP contribution in [-0.2, 0) is 18.3 Å². The van der Waals surface area contributed by atoms with E-state index in [2.05, 4.69) is 23.6 Å². The fourth-order valence-corrected chi connectivity index (χ4v) is 6.69. The Morgan fingerprint density at radius 2 is 1.66 bits per heavy atom. The Morgan fingerprint density at radius 1 is 1.02 bits per heavy atom. The number of phosphoric ester groups is 1. The van der Waals surface area contributed by atoms with Crippen LogP contribution >= 0.6 is 19.6 Å². The van der Waals surface area contributed by atoms with Crippen LogP contribution in [0.5, 0.6) is 0 Å². The molecule has 3 N–H and O–H groups in total. The molecule has 1 saturated heterocycles. The molecule has 0 aromatic carbocycles. The molecule has 0 saturated carbocycles. The first-order valence-corrected chi connectivity index (χ1v) is 17.8. The van der Waals surface area contributed by atoms with Crippen LogP contribution in [-0.4, -0.2) is 50.3 Å². The zero-order valence-corrected chi connectivity index (χ0v) is 26.4. The Balaban J connectivity index is 0.00000287. The van der Waals surface area contributed by atoms with Crippen molar-refractivity contribution in [3.8, 4) is 6.57 Å².